The van der Waals surface area contributed by atoms with Gasteiger partial charge in [0.2, 0.25) is 0 Å². The van der Waals surface area contributed by atoms with Crippen molar-refractivity contribution in [2.75, 3.05) is 0 Å². The standard InChI is InChI=1S/C15H11N3O/c1-10-8-13(14(9-17)15(19)18-10)12-4-2-11(3-5-12)6-7-16/h2-5,8H,6H2,1H3,(H,18,19). The summed E-state index contributed by atoms with van der Waals surface area (Å²) in [6, 6.07) is 13.1. The molecule has 4 nitrogen and oxygen atoms in total. The number of hydrogen-bond donors (Lipinski definition) is 1. The van der Waals surface area contributed by atoms with Crippen LogP contribution >= 0.6 is 0 Å². The Hall–Kier alpha value is -2.85. The van der Waals surface area contributed by atoms with Crippen molar-refractivity contribution in [3.05, 3.63) is 57.5 Å². The highest BCUT2D eigenvalue weighted by Crippen LogP contribution is 2.22. The van der Waals surface area contributed by atoms with E-state index in [9.17, 15) is 4.79 Å². The Kier molecular flexibility index (Phi) is 3.45. The number of hydrogen-bond acceptors (Lipinski definition) is 3. The first-order valence-corrected chi connectivity index (χ1v) is 5.76. The predicted octanol–water partition coefficient (Wildman–Crippen LogP) is 2.29. The summed E-state index contributed by atoms with van der Waals surface area (Å²) in [5.74, 6) is 0. The molecule has 0 saturated heterocycles. The summed E-state index contributed by atoms with van der Waals surface area (Å²) in [7, 11) is 0. The Morgan fingerprint density at radius 1 is 1.21 bits per heavy atom. The van der Waals surface area contributed by atoms with Crippen LogP contribution in [0, 0.1) is 29.6 Å². The third kappa shape index (κ3) is 2.53. The van der Waals surface area contributed by atoms with Gasteiger partial charge in [0.25, 0.3) is 5.56 Å². The van der Waals surface area contributed by atoms with Crippen molar-refractivity contribution in [3.63, 3.8) is 0 Å². The minimum Gasteiger partial charge on any atom is -0.325 e. The van der Waals surface area contributed by atoms with Gasteiger partial charge in [0.15, 0.2) is 0 Å². The van der Waals surface area contributed by atoms with Crippen molar-refractivity contribution in [2.45, 2.75) is 13.3 Å². The highest BCUT2D eigenvalue weighted by Gasteiger charge is 2.09. The molecule has 0 atom stereocenters. The van der Waals surface area contributed by atoms with Gasteiger partial charge in [-0.15, -0.1) is 0 Å². The number of aryl methyl sites for hydroxylation is 1. The number of rotatable bonds is 2. The molecule has 0 aliphatic heterocycles. The maximum Gasteiger partial charge on any atom is 0.266 e. The highest BCUT2D eigenvalue weighted by molar-refractivity contribution is 5.70. The minimum atomic E-state index is -0.376. The number of pyridine rings is 1. The van der Waals surface area contributed by atoms with Gasteiger partial charge in [0, 0.05) is 11.3 Å². The first kappa shape index (κ1) is 12.6. The number of aromatic amines is 1. The lowest BCUT2D eigenvalue weighted by Crippen LogP contribution is -2.12. The lowest BCUT2D eigenvalue weighted by atomic mass is 9.99. The van der Waals surface area contributed by atoms with E-state index in [1.807, 2.05) is 30.3 Å². The normalized spacial score (nSPS) is 9.63. The summed E-state index contributed by atoms with van der Waals surface area (Å²) in [6.07, 6.45) is 0.347. The van der Waals surface area contributed by atoms with Crippen molar-refractivity contribution in [3.8, 4) is 23.3 Å². The largest absolute Gasteiger partial charge is 0.325 e. The number of aromatic nitrogens is 1. The van der Waals surface area contributed by atoms with E-state index in [2.05, 4.69) is 11.1 Å². The van der Waals surface area contributed by atoms with E-state index in [0.29, 0.717) is 17.7 Å². The molecule has 0 unspecified atom stereocenters. The molecule has 0 aliphatic rings. The molecule has 1 aromatic heterocycles. The number of nitrogens with one attached hydrogen (secondary N) is 1. The van der Waals surface area contributed by atoms with Gasteiger partial charge in [-0.05, 0) is 24.1 Å². The first-order chi connectivity index (χ1) is 9.15. The van der Waals surface area contributed by atoms with E-state index in [0.717, 1.165) is 11.1 Å². The average molecular weight is 249 g/mol. The lowest BCUT2D eigenvalue weighted by Gasteiger charge is -2.06. The Bertz CT molecular complexity index is 743. The fraction of sp³-hybridized carbons (Fsp3) is 0.133. The quantitative estimate of drug-likeness (QED) is 0.886. The van der Waals surface area contributed by atoms with Crippen LogP contribution in [0.1, 0.15) is 16.8 Å². The van der Waals surface area contributed by atoms with Gasteiger partial charge in [-0.25, -0.2) is 0 Å². The topological polar surface area (TPSA) is 80.4 Å². The molecule has 1 heterocycles. The van der Waals surface area contributed by atoms with Gasteiger partial charge < -0.3 is 4.98 Å². The first-order valence-electron chi connectivity index (χ1n) is 5.76. The van der Waals surface area contributed by atoms with Crippen LogP contribution in [0.25, 0.3) is 11.1 Å². The zero-order valence-corrected chi connectivity index (χ0v) is 10.4. The Morgan fingerprint density at radius 2 is 1.89 bits per heavy atom. The van der Waals surface area contributed by atoms with E-state index < -0.39 is 0 Å². The van der Waals surface area contributed by atoms with Crippen LogP contribution in [0.15, 0.2) is 35.1 Å². The second-order valence-corrected chi connectivity index (χ2v) is 4.21. The molecule has 2 rings (SSSR count). The number of benzene rings is 1. The molecule has 0 fully saturated rings. The maximum absolute atomic E-state index is 11.7. The van der Waals surface area contributed by atoms with Gasteiger partial charge in [-0.1, -0.05) is 24.3 Å². The van der Waals surface area contributed by atoms with E-state index >= 15 is 0 Å². The van der Waals surface area contributed by atoms with Crippen LogP contribution in [0.5, 0.6) is 0 Å². The number of nitrogens with zero attached hydrogens (tertiary/aromatic N) is 2. The monoisotopic (exact) mass is 249 g/mol. The number of H-pyrrole nitrogens is 1. The van der Waals surface area contributed by atoms with Crippen molar-refractivity contribution in [1.29, 1.82) is 10.5 Å². The molecule has 1 aromatic carbocycles. The molecule has 92 valence electrons. The Labute approximate surface area is 110 Å². The summed E-state index contributed by atoms with van der Waals surface area (Å²) in [4.78, 5) is 14.3. The zero-order chi connectivity index (χ0) is 13.8. The zero-order valence-electron chi connectivity index (χ0n) is 10.4. The van der Waals surface area contributed by atoms with Crippen molar-refractivity contribution >= 4 is 0 Å². The van der Waals surface area contributed by atoms with Crippen LogP contribution in [0.4, 0.5) is 0 Å². The smallest absolute Gasteiger partial charge is 0.266 e. The van der Waals surface area contributed by atoms with Gasteiger partial charge in [-0.3, -0.25) is 4.79 Å². The van der Waals surface area contributed by atoms with E-state index in [-0.39, 0.29) is 11.1 Å². The van der Waals surface area contributed by atoms with Crippen molar-refractivity contribution < 1.29 is 0 Å². The molecular formula is C15H11N3O. The van der Waals surface area contributed by atoms with Crippen LogP contribution in [-0.2, 0) is 6.42 Å². The maximum atomic E-state index is 11.7. The molecule has 0 aliphatic carbocycles. The Balaban J connectivity index is 2.56. The van der Waals surface area contributed by atoms with Gasteiger partial charge in [-0.2, -0.15) is 10.5 Å². The van der Waals surface area contributed by atoms with Crippen LogP contribution < -0.4 is 5.56 Å². The minimum absolute atomic E-state index is 0.110. The summed E-state index contributed by atoms with van der Waals surface area (Å²) >= 11 is 0. The second kappa shape index (κ2) is 5.20. The molecular weight excluding hydrogens is 238 g/mol. The molecule has 0 amide bonds. The predicted molar refractivity (Wildman–Crippen MR) is 71.3 cm³/mol. The number of nitriles is 2. The third-order valence-electron chi connectivity index (χ3n) is 2.83. The molecule has 1 N–H and O–H groups in total. The second-order valence-electron chi connectivity index (χ2n) is 4.21. The molecule has 2 aromatic rings. The highest BCUT2D eigenvalue weighted by atomic mass is 16.1. The fourth-order valence-electron chi connectivity index (χ4n) is 1.92. The molecule has 0 bridgehead atoms. The summed E-state index contributed by atoms with van der Waals surface area (Å²) in [5.41, 5.74) is 2.77. The third-order valence-corrected chi connectivity index (χ3v) is 2.83. The summed E-state index contributed by atoms with van der Waals surface area (Å²) in [6.45, 7) is 1.77. The van der Waals surface area contributed by atoms with Crippen molar-refractivity contribution in [2.24, 2.45) is 0 Å². The van der Waals surface area contributed by atoms with Crippen LogP contribution in [0.3, 0.4) is 0 Å². The van der Waals surface area contributed by atoms with Gasteiger partial charge >= 0.3 is 0 Å². The van der Waals surface area contributed by atoms with Crippen LogP contribution in [-0.4, -0.2) is 4.98 Å². The van der Waals surface area contributed by atoms with Gasteiger partial charge in [0.1, 0.15) is 11.6 Å². The summed E-state index contributed by atoms with van der Waals surface area (Å²) < 4.78 is 0. The molecule has 4 heteroatoms. The van der Waals surface area contributed by atoms with Gasteiger partial charge in [0.05, 0.1) is 12.5 Å². The Morgan fingerprint density at radius 3 is 2.47 bits per heavy atom. The molecule has 0 saturated carbocycles. The van der Waals surface area contributed by atoms with Crippen molar-refractivity contribution in [1.82, 2.24) is 4.98 Å². The van der Waals surface area contributed by atoms with E-state index in [1.165, 1.54) is 0 Å². The fourth-order valence-corrected chi connectivity index (χ4v) is 1.92. The van der Waals surface area contributed by atoms with E-state index in [4.69, 9.17) is 10.5 Å². The average Bonchev–Trinajstić information content (AvgIpc) is 2.39. The lowest BCUT2D eigenvalue weighted by molar-refractivity contribution is 1.13. The summed E-state index contributed by atoms with van der Waals surface area (Å²) in [5, 5.41) is 17.7. The van der Waals surface area contributed by atoms with Crippen LogP contribution in [0.2, 0.25) is 0 Å². The van der Waals surface area contributed by atoms with E-state index in [1.54, 1.807) is 13.0 Å². The molecule has 0 spiro atoms. The molecule has 19 heavy (non-hydrogen) atoms. The SMILES string of the molecule is Cc1cc(-c2ccc(CC#N)cc2)c(C#N)c(=O)[nH]1. The molecule has 0 radical (unpaired) electrons.